The van der Waals surface area contributed by atoms with Crippen LogP contribution >= 0.6 is 0 Å². The summed E-state index contributed by atoms with van der Waals surface area (Å²) < 4.78 is 0. The maximum Gasteiger partial charge on any atom is 0.160 e. The molecular formula is C59H36N2. The Balaban J connectivity index is 1.08. The molecule has 1 heterocycles. The van der Waals surface area contributed by atoms with Crippen LogP contribution in [-0.2, 0) is 5.41 Å². The molecular weight excluding hydrogens is 737 g/mol. The molecule has 10 aromatic carbocycles. The van der Waals surface area contributed by atoms with Gasteiger partial charge in [-0.1, -0.05) is 206 Å². The lowest BCUT2D eigenvalue weighted by Gasteiger charge is -2.33. The average Bonchev–Trinajstić information content (AvgIpc) is 3.82. The summed E-state index contributed by atoms with van der Waals surface area (Å²) in [5.41, 5.74) is 17.5. The number of hydrogen-bond donors (Lipinski definition) is 0. The second-order valence-electron chi connectivity index (χ2n) is 16.3. The zero-order chi connectivity index (χ0) is 40.1. The third-order valence-electron chi connectivity index (χ3n) is 13.3. The number of fused-ring (bicyclic) bond motifs is 17. The Morgan fingerprint density at radius 3 is 1.34 bits per heavy atom. The molecule has 2 nitrogen and oxygen atoms in total. The van der Waals surface area contributed by atoms with Gasteiger partial charge in [-0.25, -0.2) is 9.97 Å². The highest BCUT2D eigenvalue weighted by molar-refractivity contribution is 6.22. The molecule has 0 saturated carbocycles. The van der Waals surface area contributed by atoms with Crippen LogP contribution in [0.4, 0.5) is 0 Å². The predicted octanol–water partition coefficient (Wildman–Crippen LogP) is 14.9. The van der Waals surface area contributed by atoms with Crippen LogP contribution in [-0.4, -0.2) is 9.97 Å². The fraction of sp³-hybridized carbons (Fsp3) is 0.0169. The third-order valence-corrected chi connectivity index (χ3v) is 13.3. The van der Waals surface area contributed by atoms with Crippen LogP contribution in [0.5, 0.6) is 0 Å². The van der Waals surface area contributed by atoms with E-state index in [0.29, 0.717) is 5.82 Å². The largest absolute Gasteiger partial charge is 0.228 e. The molecule has 11 aromatic rings. The predicted molar refractivity (Wildman–Crippen MR) is 253 cm³/mol. The summed E-state index contributed by atoms with van der Waals surface area (Å²) in [6.07, 6.45) is 0. The van der Waals surface area contributed by atoms with Crippen molar-refractivity contribution in [3.63, 3.8) is 0 Å². The van der Waals surface area contributed by atoms with Crippen LogP contribution in [0.1, 0.15) is 22.3 Å². The molecule has 0 atom stereocenters. The summed E-state index contributed by atoms with van der Waals surface area (Å²) in [4.78, 5) is 10.2. The van der Waals surface area contributed by atoms with Gasteiger partial charge in [0.2, 0.25) is 0 Å². The van der Waals surface area contributed by atoms with Crippen molar-refractivity contribution < 1.29 is 0 Å². The third kappa shape index (κ3) is 4.79. The Hall–Kier alpha value is -7.94. The van der Waals surface area contributed by atoms with Crippen molar-refractivity contribution in [2.45, 2.75) is 5.41 Å². The van der Waals surface area contributed by atoms with Gasteiger partial charge in [0, 0.05) is 16.7 Å². The first-order valence-electron chi connectivity index (χ1n) is 21.1. The molecule has 0 radical (unpaired) electrons. The first kappa shape index (κ1) is 34.0. The van der Waals surface area contributed by atoms with Crippen LogP contribution < -0.4 is 0 Å². The number of benzene rings is 10. The van der Waals surface area contributed by atoms with Crippen LogP contribution in [0.2, 0.25) is 0 Å². The van der Waals surface area contributed by atoms with E-state index < -0.39 is 5.41 Å². The highest BCUT2D eigenvalue weighted by Crippen LogP contribution is 2.67. The Kier molecular flexibility index (Phi) is 7.26. The van der Waals surface area contributed by atoms with E-state index >= 15 is 0 Å². The van der Waals surface area contributed by atoms with Crippen molar-refractivity contribution >= 4 is 32.3 Å². The Bertz CT molecular complexity index is 3470. The van der Waals surface area contributed by atoms with Crippen LogP contribution in [0, 0.1) is 0 Å². The summed E-state index contributed by atoms with van der Waals surface area (Å²) in [5, 5.41) is 7.71. The van der Waals surface area contributed by atoms with Gasteiger partial charge in [0.25, 0.3) is 0 Å². The van der Waals surface area contributed by atoms with Crippen molar-refractivity contribution in [1.29, 1.82) is 0 Å². The van der Waals surface area contributed by atoms with Gasteiger partial charge in [0.1, 0.15) is 0 Å². The summed E-state index contributed by atoms with van der Waals surface area (Å²) in [6.45, 7) is 0. The van der Waals surface area contributed by atoms with Gasteiger partial charge in [-0.05, 0) is 100 Å². The maximum absolute atomic E-state index is 5.14. The van der Waals surface area contributed by atoms with Crippen molar-refractivity contribution in [1.82, 2.24) is 9.97 Å². The van der Waals surface area contributed by atoms with Gasteiger partial charge < -0.3 is 0 Å². The van der Waals surface area contributed by atoms with Crippen LogP contribution in [0.15, 0.2) is 218 Å². The molecule has 0 aliphatic heterocycles. The Morgan fingerprint density at radius 1 is 0.279 bits per heavy atom. The lowest BCUT2D eigenvalue weighted by atomic mass is 9.68. The van der Waals surface area contributed by atoms with Crippen molar-refractivity contribution in [3.05, 3.63) is 241 Å². The summed E-state index contributed by atoms with van der Waals surface area (Å²) in [6, 6.07) is 79.8. The average molecular weight is 773 g/mol. The first-order chi connectivity index (χ1) is 30.3. The second-order valence-corrected chi connectivity index (χ2v) is 16.3. The molecule has 1 spiro atoms. The fourth-order valence-corrected chi connectivity index (χ4v) is 10.8. The number of nitrogens with zero attached hydrogens (tertiary/aromatic N) is 2. The van der Waals surface area contributed by atoms with Crippen LogP contribution in [0.25, 0.3) is 99.6 Å². The SMILES string of the molecule is c1ccc(-c2cc(-c3ccc(-c4cc5c(c6ccccc46)C4(c6ccccc6-c6ccccc64)c4c-5c5ccccc5c5ccccc45)cc3)nc(-c3ccccc3)n2)cc1. The monoisotopic (exact) mass is 772 g/mol. The molecule has 0 N–H and O–H groups in total. The fourth-order valence-electron chi connectivity index (χ4n) is 10.8. The number of rotatable bonds is 4. The molecule has 0 unspecified atom stereocenters. The molecule has 13 rings (SSSR count). The van der Waals surface area contributed by atoms with E-state index in [1.165, 1.54) is 88.0 Å². The van der Waals surface area contributed by atoms with Gasteiger partial charge in [-0.3, -0.25) is 0 Å². The van der Waals surface area contributed by atoms with Crippen molar-refractivity contribution in [2.24, 2.45) is 0 Å². The number of hydrogen-bond acceptors (Lipinski definition) is 2. The summed E-state index contributed by atoms with van der Waals surface area (Å²) in [7, 11) is 0. The minimum atomic E-state index is -0.511. The van der Waals surface area contributed by atoms with E-state index in [1.807, 2.05) is 24.3 Å². The highest BCUT2D eigenvalue weighted by Gasteiger charge is 2.54. The number of aromatic nitrogens is 2. The van der Waals surface area contributed by atoms with Gasteiger partial charge in [-0.15, -0.1) is 0 Å². The molecule has 0 saturated heterocycles. The zero-order valence-corrected chi connectivity index (χ0v) is 33.2. The molecule has 0 amide bonds. The molecule has 61 heavy (non-hydrogen) atoms. The lowest BCUT2D eigenvalue weighted by Crippen LogP contribution is -2.26. The van der Waals surface area contributed by atoms with E-state index in [4.69, 9.17) is 9.97 Å². The molecule has 0 fully saturated rings. The summed E-state index contributed by atoms with van der Waals surface area (Å²) >= 11 is 0. The van der Waals surface area contributed by atoms with E-state index in [1.54, 1.807) is 0 Å². The van der Waals surface area contributed by atoms with Crippen molar-refractivity contribution in [3.8, 4) is 67.3 Å². The standard InChI is InChI=1S/C59H36N2/c1-3-17-38(18-4-1)53-36-54(61-58(60-53)40-19-5-2-6-20-40)39-33-31-37(32-34-39)49-35-50-55-46-26-10-7-21-41(46)42-22-8-12-28-48(42)57(55)59(56(50)47-27-11-9-23-43(47)49)51-29-15-13-24-44(51)45-25-14-16-30-52(45)59/h1-36H. The van der Waals surface area contributed by atoms with Gasteiger partial charge in [-0.2, -0.15) is 0 Å². The molecule has 282 valence electrons. The van der Waals surface area contributed by atoms with Gasteiger partial charge >= 0.3 is 0 Å². The summed E-state index contributed by atoms with van der Waals surface area (Å²) in [5.74, 6) is 0.716. The smallest absolute Gasteiger partial charge is 0.160 e. The maximum atomic E-state index is 5.14. The quantitative estimate of drug-likeness (QED) is 0.167. The van der Waals surface area contributed by atoms with Crippen LogP contribution in [0.3, 0.4) is 0 Å². The minimum Gasteiger partial charge on any atom is -0.228 e. The lowest BCUT2D eigenvalue weighted by molar-refractivity contribution is 0.809. The molecule has 2 heteroatoms. The van der Waals surface area contributed by atoms with E-state index in [0.717, 1.165) is 28.1 Å². The van der Waals surface area contributed by atoms with Crippen molar-refractivity contribution in [2.75, 3.05) is 0 Å². The second kappa shape index (κ2) is 13.0. The Morgan fingerprint density at radius 2 is 0.721 bits per heavy atom. The first-order valence-corrected chi connectivity index (χ1v) is 21.1. The Labute approximate surface area is 354 Å². The van der Waals surface area contributed by atoms with Gasteiger partial charge in [0.05, 0.1) is 16.8 Å². The molecule has 2 aliphatic rings. The molecule has 1 aromatic heterocycles. The molecule has 0 bridgehead atoms. The van der Waals surface area contributed by atoms with E-state index in [9.17, 15) is 0 Å². The topological polar surface area (TPSA) is 25.8 Å². The van der Waals surface area contributed by atoms with Gasteiger partial charge in [0.15, 0.2) is 5.82 Å². The normalized spacial score (nSPS) is 13.0. The zero-order valence-electron chi connectivity index (χ0n) is 33.2. The minimum absolute atomic E-state index is 0.511. The highest BCUT2D eigenvalue weighted by atomic mass is 14.9. The molecule has 2 aliphatic carbocycles. The van der Waals surface area contributed by atoms with E-state index in [-0.39, 0.29) is 0 Å². The van der Waals surface area contributed by atoms with E-state index in [2.05, 4.69) is 194 Å².